The lowest BCUT2D eigenvalue weighted by molar-refractivity contribution is 0.443. The molecule has 0 spiro atoms. The van der Waals surface area contributed by atoms with E-state index in [1.165, 1.54) is 37.7 Å². The summed E-state index contributed by atoms with van der Waals surface area (Å²) < 4.78 is 31.4. The average molecular weight is 275 g/mol. The number of halogens is 1. The summed E-state index contributed by atoms with van der Waals surface area (Å²) in [7, 11) is 0. The molecule has 3 rings (SSSR count). The van der Waals surface area contributed by atoms with Crippen LogP contribution in [0.15, 0.2) is 48.4 Å². The lowest BCUT2D eigenvalue weighted by Crippen LogP contribution is -2.04. The Morgan fingerprint density at radius 1 is 0.947 bits per heavy atom. The first kappa shape index (κ1) is 8.81. The van der Waals surface area contributed by atoms with Crippen molar-refractivity contribution in [3.63, 3.8) is 0 Å². The second-order valence-corrected chi connectivity index (χ2v) is 5.52. The summed E-state index contributed by atoms with van der Waals surface area (Å²) in [5.41, 5.74) is 2.43. The fourth-order valence-electron chi connectivity index (χ4n) is 2.85. The largest absolute Gasteiger partial charge is 0.0837 e. The zero-order valence-electron chi connectivity index (χ0n) is 14.8. The van der Waals surface area contributed by atoms with Crippen LogP contribution in [0.4, 0.5) is 0 Å². The Bertz CT molecular complexity index is 690. The van der Waals surface area contributed by atoms with Crippen molar-refractivity contribution in [1.29, 1.82) is 0 Å². The third-order valence-electron chi connectivity index (χ3n) is 3.92. The minimum absolute atomic E-state index is 0.0820. The van der Waals surface area contributed by atoms with E-state index in [0.717, 1.165) is 5.56 Å². The van der Waals surface area contributed by atoms with Gasteiger partial charge in [-0.3, -0.25) is 0 Å². The zero-order chi connectivity index (χ0) is 16.6. The molecule has 0 N–H and O–H groups in total. The molecule has 0 aliphatic heterocycles. The molecule has 0 amide bonds. The molecular formula is C18H19Cl. The summed E-state index contributed by atoms with van der Waals surface area (Å²) in [6.07, 6.45) is 6.34. The van der Waals surface area contributed by atoms with Crippen LogP contribution in [0.3, 0.4) is 0 Å². The number of benzene rings is 2. The first-order chi connectivity index (χ1) is 11.0. The molecule has 1 saturated carbocycles. The second-order valence-electron chi connectivity index (χ2n) is 5.15. The summed E-state index contributed by atoms with van der Waals surface area (Å²) in [6, 6.07) is 7.19. The van der Waals surface area contributed by atoms with Gasteiger partial charge < -0.3 is 0 Å². The van der Waals surface area contributed by atoms with Gasteiger partial charge in [0.25, 0.3) is 0 Å². The van der Waals surface area contributed by atoms with E-state index in [4.69, 9.17) is 17.1 Å². The van der Waals surface area contributed by atoms with Crippen LogP contribution in [0.1, 0.15) is 49.1 Å². The van der Waals surface area contributed by atoms with Crippen LogP contribution >= 0.6 is 11.6 Å². The molecule has 98 valence electrons. The molecule has 1 aliphatic rings. The summed E-state index contributed by atoms with van der Waals surface area (Å²) in [4.78, 5) is 0. The van der Waals surface area contributed by atoms with Crippen LogP contribution in [0.2, 0.25) is 5.02 Å². The van der Waals surface area contributed by atoms with Crippen LogP contribution in [0.25, 0.3) is 11.1 Å². The predicted octanol–water partition coefficient (Wildman–Crippen LogP) is 6.05. The molecule has 19 heavy (non-hydrogen) atoms. The molecule has 1 heteroatoms. The monoisotopic (exact) mass is 274 g/mol. The molecule has 0 unspecified atom stereocenters. The van der Waals surface area contributed by atoms with E-state index in [-0.39, 0.29) is 29.2 Å². The molecule has 0 aromatic heterocycles. The summed E-state index contributed by atoms with van der Waals surface area (Å²) in [5, 5.41) is 0.0846. The van der Waals surface area contributed by atoms with Gasteiger partial charge >= 0.3 is 0 Å². The van der Waals surface area contributed by atoms with E-state index >= 15 is 0 Å². The molecule has 0 bridgehead atoms. The van der Waals surface area contributed by atoms with E-state index in [1.54, 1.807) is 0 Å². The van der Waals surface area contributed by atoms with E-state index < -0.39 is 0 Å². The highest BCUT2D eigenvalue weighted by Gasteiger charge is 2.15. The first-order valence-electron chi connectivity index (χ1n) is 8.87. The number of rotatable bonds is 2. The normalized spacial score (nSPS) is 19.4. The Balaban J connectivity index is 2.00. The fourth-order valence-corrected chi connectivity index (χ4v) is 3.06. The lowest BCUT2D eigenvalue weighted by atomic mass is 9.84. The zero-order valence-corrected chi connectivity index (χ0v) is 11.6. The van der Waals surface area contributed by atoms with Crippen LogP contribution in [0.5, 0.6) is 0 Å². The van der Waals surface area contributed by atoms with Crippen molar-refractivity contribution in [3.8, 4) is 11.1 Å². The third kappa shape index (κ3) is 2.84. The van der Waals surface area contributed by atoms with Gasteiger partial charge in [0, 0.05) is 10.6 Å². The first-order valence-corrected chi connectivity index (χ1v) is 7.24. The SMILES string of the molecule is [2H]c1c([2H])c([2H])c(-c2ccc(C3CCCCC3)cc2)c(Cl)c1[2H]. The van der Waals surface area contributed by atoms with Crippen LogP contribution in [-0.2, 0) is 0 Å². The molecule has 0 nitrogen and oxygen atoms in total. The molecule has 1 aliphatic carbocycles. The molecule has 0 atom stereocenters. The van der Waals surface area contributed by atoms with Crippen molar-refractivity contribution in [1.82, 2.24) is 0 Å². The van der Waals surface area contributed by atoms with Crippen LogP contribution in [-0.4, -0.2) is 0 Å². The Morgan fingerprint density at radius 3 is 2.37 bits per heavy atom. The highest BCUT2D eigenvalue weighted by Crippen LogP contribution is 2.34. The molecule has 0 saturated heterocycles. The van der Waals surface area contributed by atoms with Gasteiger partial charge in [-0.2, -0.15) is 0 Å². The van der Waals surface area contributed by atoms with Gasteiger partial charge in [-0.1, -0.05) is 73.3 Å². The molecule has 0 heterocycles. The Labute approximate surface area is 126 Å². The highest BCUT2D eigenvalue weighted by atomic mass is 35.5. The topological polar surface area (TPSA) is 0 Å². The van der Waals surface area contributed by atoms with Gasteiger partial charge in [0.1, 0.15) is 0 Å². The smallest absolute Gasteiger partial charge is 0.0639 e. The maximum Gasteiger partial charge on any atom is 0.0639 e. The van der Waals surface area contributed by atoms with Crippen molar-refractivity contribution in [2.75, 3.05) is 0 Å². The maximum atomic E-state index is 8.09. The van der Waals surface area contributed by atoms with Gasteiger partial charge in [0.2, 0.25) is 0 Å². The minimum Gasteiger partial charge on any atom is -0.0837 e. The van der Waals surface area contributed by atoms with E-state index in [9.17, 15) is 0 Å². The summed E-state index contributed by atoms with van der Waals surface area (Å²) in [6.45, 7) is 0. The molecule has 2 aromatic rings. The standard InChI is InChI=1S/C18H19Cl/c19-18-9-5-4-8-17(18)16-12-10-15(11-13-16)14-6-2-1-3-7-14/h4-5,8-14H,1-3,6-7H2/i4D,5D,8D,9D. The third-order valence-corrected chi connectivity index (χ3v) is 4.20. The van der Waals surface area contributed by atoms with Gasteiger partial charge in [0.15, 0.2) is 0 Å². The second kappa shape index (κ2) is 5.79. The maximum absolute atomic E-state index is 8.09. The van der Waals surface area contributed by atoms with E-state index in [2.05, 4.69) is 12.1 Å². The number of hydrogen-bond acceptors (Lipinski definition) is 0. The van der Waals surface area contributed by atoms with E-state index in [0.29, 0.717) is 11.5 Å². The Hall–Kier alpha value is -1.27. The summed E-state index contributed by atoms with van der Waals surface area (Å²) >= 11 is 6.19. The fraction of sp³-hybridized carbons (Fsp3) is 0.333. The van der Waals surface area contributed by atoms with Crippen LogP contribution in [0, 0.1) is 0 Å². The summed E-state index contributed by atoms with van der Waals surface area (Å²) in [5.74, 6) is 0.609. The van der Waals surface area contributed by atoms with Gasteiger partial charge in [-0.25, -0.2) is 0 Å². The van der Waals surface area contributed by atoms with Gasteiger partial charge in [-0.05, 0) is 35.9 Å². The van der Waals surface area contributed by atoms with Crippen molar-refractivity contribution in [2.45, 2.75) is 38.0 Å². The molecule has 0 radical (unpaired) electrons. The van der Waals surface area contributed by atoms with Crippen molar-refractivity contribution >= 4 is 11.6 Å². The van der Waals surface area contributed by atoms with Crippen molar-refractivity contribution in [3.05, 3.63) is 59.0 Å². The van der Waals surface area contributed by atoms with Crippen molar-refractivity contribution < 1.29 is 5.48 Å². The molecular weight excluding hydrogens is 252 g/mol. The molecule has 1 fully saturated rings. The lowest BCUT2D eigenvalue weighted by Gasteiger charge is -2.22. The Morgan fingerprint density at radius 2 is 1.63 bits per heavy atom. The molecule has 2 aromatic carbocycles. The number of hydrogen-bond donors (Lipinski definition) is 0. The minimum atomic E-state index is -0.289. The van der Waals surface area contributed by atoms with Gasteiger partial charge in [-0.15, -0.1) is 0 Å². The quantitative estimate of drug-likeness (QED) is 0.625. The van der Waals surface area contributed by atoms with E-state index in [1.807, 2.05) is 12.1 Å². The van der Waals surface area contributed by atoms with Crippen LogP contribution < -0.4 is 0 Å². The van der Waals surface area contributed by atoms with Crippen molar-refractivity contribution in [2.24, 2.45) is 0 Å². The Kier molecular flexibility index (Phi) is 2.69. The average Bonchev–Trinajstić information content (AvgIpc) is 2.60. The van der Waals surface area contributed by atoms with Gasteiger partial charge in [0.05, 0.1) is 5.48 Å². The highest BCUT2D eigenvalue weighted by molar-refractivity contribution is 6.33. The predicted molar refractivity (Wildman–Crippen MR) is 82.7 cm³/mol.